The van der Waals surface area contributed by atoms with Crippen molar-refractivity contribution in [2.75, 3.05) is 13.7 Å². The lowest BCUT2D eigenvalue weighted by Crippen LogP contribution is -2.23. The lowest BCUT2D eigenvalue weighted by Gasteiger charge is -2.24. The minimum absolute atomic E-state index is 0.0545. The molecule has 6 nitrogen and oxygen atoms in total. The summed E-state index contributed by atoms with van der Waals surface area (Å²) >= 11 is 0. The molecule has 0 N–H and O–H groups in total. The molecule has 0 atom stereocenters. The zero-order chi connectivity index (χ0) is 23.8. The van der Waals surface area contributed by atoms with Crippen molar-refractivity contribution in [1.82, 2.24) is 4.57 Å². The molecule has 0 fully saturated rings. The van der Waals surface area contributed by atoms with Crippen LogP contribution in [0.2, 0.25) is 0 Å². The number of hydrogen-bond acceptors (Lipinski definition) is 5. The van der Waals surface area contributed by atoms with Gasteiger partial charge in [-0.3, -0.25) is 4.79 Å². The molecule has 0 radical (unpaired) electrons. The summed E-state index contributed by atoms with van der Waals surface area (Å²) in [5.74, 6) is 0.671. The van der Waals surface area contributed by atoms with Gasteiger partial charge in [-0.25, -0.2) is 4.79 Å². The molecule has 174 valence electrons. The molecule has 0 spiro atoms. The first-order chi connectivity index (χ1) is 16.0. The number of methoxy groups -OCH3 is 1. The van der Waals surface area contributed by atoms with Crippen molar-refractivity contribution in [2.45, 2.75) is 46.8 Å². The summed E-state index contributed by atoms with van der Waals surface area (Å²) in [6.07, 6.45) is 3.59. The summed E-state index contributed by atoms with van der Waals surface area (Å²) in [6.45, 7) is 7.29. The average Bonchev–Trinajstić information content (AvgIpc) is 2.83. The average molecular weight is 450 g/mol. The SMILES string of the molecule is CCC.CCOC(=O)c1cn2c(cc1=O)-c1cc(OC)c(OCc3ccccc3)cc1CC2. The number of ether oxygens (including phenoxy) is 3. The maximum absolute atomic E-state index is 12.5. The molecule has 4 rings (SSSR count). The number of carbonyl (C=O) groups is 1. The van der Waals surface area contributed by atoms with Crippen molar-refractivity contribution in [2.24, 2.45) is 0 Å². The van der Waals surface area contributed by atoms with Crippen LogP contribution in [0.3, 0.4) is 0 Å². The number of aryl methyl sites for hydroxylation is 2. The number of pyridine rings is 1. The first-order valence-corrected chi connectivity index (χ1v) is 11.3. The maximum Gasteiger partial charge on any atom is 0.343 e. The largest absolute Gasteiger partial charge is 0.493 e. The molecule has 2 aromatic carbocycles. The second-order valence-electron chi connectivity index (χ2n) is 7.74. The highest BCUT2D eigenvalue weighted by molar-refractivity contribution is 5.89. The minimum Gasteiger partial charge on any atom is -0.493 e. The number of benzene rings is 2. The Bertz CT molecular complexity index is 1150. The van der Waals surface area contributed by atoms with E-state index in [2.05, 4.69) is 13.8 Å². The third-order valence-corrected chi connectivity index (χ3v) is 5.15. The summed E-state index contributed by atoms with van der Waals surface area (Å²) < 4.78 is 18.5. The monoisotopic (exact) mass is 449 g/mol. The van der Waals surface area contributed by atoms with Gasteiger partial charge >= 0.3 is 5.97 Å². The molecule has 0 bridgehead atoms. The molecule has 0 aliphatic carbocycles. The summed E-state index contributed by atoms with van der Waals surface area (Å²) in [5, 5.41) is 0. The fraction of sp³-hybridized carbons (Fsp3) is 0.333. The maximum atomic E-state index is 12.5. The van der Waals surface area contributed by atoms with Crippen molar-refractivity contribution < 1.29 is 19.0 Å². The Morgan fingerprint density at radius 1 is 1.03 bits per heavy atom. The Morgan fingerprint density at radius 3 is 2.42 bits per heavy atom. The topological polar surface area (TPSA) is 66.8 Å². The molecule has 0 amide bonds. The molecule has 6 heteroatoms. The summed E-state index contributed by atoms with van der Waals surface area (Å²) in [4.78, 5) is 24.6. The van der Waals surface area contributed by atoms with E-state index in [1.165, 1.54) is 12.5 Å². The van der Waals surface area contributed by atoms with Gasteiger partial charge in [0.1, 0.15) is 12.2 Å². The number of esters is 1. The Kier molecular flexibility index (Phi) is 8.30. The van der Waals surface area contributed by atoms with Crippen molar-refractivity contribution >= 4 is 5.97 Å². The normalized spacial score (nSPS) is 11.4. The first-order valence-electron chi connectivity index (χ1n) is 11.3. The Morgan fingerprint density at radius 2 is 1.76 bits per heavy atom. The molecule has 1 aliphatic rings. The van der Waals surface area contributed by atoms with Crippen LogP contribution in [0.5, 0.6) is 11.5 Å². The van der Waals surface area contributed by atoms with E-state index in [1.54, 1.807) is 20.2 Å². The van der Waals surface area contributed by atoms with Gasteiger partial charge in [-0.1, -0.05) is 50.6 Å². The zero-order valence-corrected chi connectivity index (χ0v) is 19.7. The van der Waals surface area contributed by atoms with Crippen LogP contribution in [-0.4, -0.2) is 24.3 Å². The molecule has 0 saturated heterocycles. The summed E-state index contributed by atoms with van der Waals surface area (Å²) in [6, 6.07) is 15.3. The van der Waals surface area contributed by atoms with Crippen LogP contribution >= 0.6 is 0 Å². The molecule has 1 aromatic heterocycles. The molecule has 0 saturated carbocycles. The van der Waals surface area contributed by atoms with Gasteiger partial charge in [0.05, 0.1) is 19.4 Å². The fourth-order valence-electron chi connectivity index (χ4n) is 3.65. The summed E-state index contributed by atoms with van der Waals surface area (Å²) in [5.41, 5.74) is 3.50. The molecular weight excluding hydrogens is 418 g/mol. The van der Waals surface area contributed by atoms with Crippen LogP contribution in [0.1, 0.15) is 48.7 Å². The lowest BCUT2D eigenvalue weighted by atomic mass is 9.96. The van der Waals surface area contributed by atoms with Crippen LogP contribution in [0, 0.1) is 0 Å². The highest BCUT2D eigenvalue weighted by Gasteiger charge is 2.22. The molecule has 2 heterocycles. The molecular formula is C27H31NO5. The van der Waals surface area contributed by atoms with E-state index < -0.39 is 5.97 Å². The van der Waals surface area contributed by atoms with Gasteiger partial charge in [0.15, 0.2) is 16.9 Å². The second-order valence-corrected chi connectivity index (χ2v) is 7.74. The van der Waals surface area contributed by atoms with Crippen LogP contribution in [0.25, 0.3) is 11.3 Å². The number of fused-ring (bicyclic) bond motifs is 3. The lowest BCUT2D eigenvalue weighted by molar-refractivity contribution is 0.0524. The van der Waals surface area contributed by atoms with Gasteiger partial charge in [-0.15, -0.1) is 0 Å². The van der Waals surface area contributed by atoms with Crippen molar-refractivity contribution in [3.63, 3.8) is 0 Å². The summed E-state index contributed by atoms with van der Waals surface area (Å²) in [7, 11) is 1.59. The Balaban J connectivity index is 0.000000968. The Hall–Kier alpha value is -3.54. The number of aromatic nitrogens is 1. The van der Waals surface area contributed by atoms with E-state index in [0.717, 1.165) is 28.8 Å². The van der Waals surface area contributed by atoms with Gasteiger partial charge in [0.2, 0.25) is 0 Å². The molecule has 33 heavy (non-hydrogen) atoms. The second kappa shape index (κ2) is 11.4. The van der Waals surface area contributed by atoms with Crippen molar-refractivity contribution in [1.29, 1.82) is 0 Å². The first kappa shape index (κ1) is 24.1. The van der Waals surface area contributed by atoms with Crippen LogP contribution in [0.15, 0.2) is 59.5 Å². The van der Waals surface area contributed by atoms with Crippen LogP contribution in [0.4, 0.5) is 0 Å². The van der Waals surface area contributed by atoms with E-state index >= 15 is 0 Å². The third kappa shape index (κ3) is 5.64. The van der Waals surface area contributed by atoms with E-state index in [4.69, 9.17) is 14.2 Å². The quantitative estimate of drug-likeness (QED) is 0.481. The van der Waals surface area contributed by atoms with E-state index in [1.807, 2.05) is 47.0 Å². The van der Waals surface area contributed by atoms with Gasteiger partial charge in [-0.05, 0) is 36.6 Å². The van der Waals surface area contributed by atoms with Crippen LogP contribution < -0.4 is 14.9 Å². The predicted molar refractivity (Wildman–Crippen MR) is 129 cm³/mol. The number of carbonyl (C=O) groups excluding carboxylic acids is 1. The van der Waals surface area contributed by atoms with Gasteiger partial charge < -0.3 is 18.8 Å². The predicted octanol–water partition coefficient (Wildman–Crippen LogP) is 5.25. The zero-order valence-electron chi connectivity index (χ0n) is 19.7. The van der Waals surface area contributed by atoms with Gasteiger partial charge in [0, 0.05) is 24.4 Å². The number of nitrogens with zero attached hydrogens (tertiary/aromatic N) is 1. The minimum atomic E-state index is -0.592. The van der Waals surface area contributed by atoms with Crippen LogP contribution in [-0.2, 0) is 24.3 Å². The molecule has 0 unspecified atom stereocenters. The Labute approximate surface area is 194 Å². The van der Waals surface area contributed by atoms with Gasteiger partial charge in [-0.2, -0.15) is 0 Å². The molecule has 3 aromatic rings. The van der Waals surface area contributed by atoms with E-state index in [0.29, 0.717) is 24.7 Å². The highest BCUT2D eigenvalue weighted by Crippen LogP contribution is 2.38. The standard InChI is InChI=1S/C24H23NO5.C3H8/c1-3-29-24(27)19-14-25-10-9-17-11-23(30-15-16-7-5-4-6-8-16)22(28-2)12-18(17)20(25)13-21(19)26;1-3-2/h4-8,11-14H,3,9-10,15H2,1-2H3;3H2,1-2H3. The number of rotatable bonds is 6. The van der Waals surface area contributed by atoms with Gasteiger partial charge in [0.25, 0.3) is 0 Å². The van der Waals surface area contributed by atoms with Crippen molar-refractivity contribution in [3.8, 4) is 22.8 Å². The smallest absolute Gasteiger partial charge is 0.343 e. The van der Waals surface area contributed by atoms with E-state index in [9.17, 15) is 9.59 Å². The van der Waals surface area contributed by atoms with E-state index in [-0.39, 0.29) is 17.6 Å². The van der Waals surface area contributed by atoms with Crippen molar-refractivity contribution in [3.05, 3.63) is 81.6 Å². The molecule has 1 aliphatic heterocycles. The highest BCUT2D eigenvalue weighted by atomic mass is 16.5. The fourth-order valence-corrected chi connectivity index (χ4v) is 3.65. The number of hydrogen-bond donors (Lipinski definition) is 0. The third-order valence-electron chi connectivity index (χ3n) is 5.15.